The highest BCUT2D eigenvalue weighted by atomic mass is 32.2. The summed E-state index contributed by atoms with van der Waals surface area (Å²) < 4.78 is 15.0. The molecule has 0 radical (unpaired) electrons. The number of hydrogen-bond acceptors (Lipinski definition) is 5. The highest BCUT2D eigenvalue weighted by molar-refractivity contribution is 8.00. The summed E-state index contributed by atoms with van der Waals surface area (Å²) in [4.78, 5) is 29.3. The average Bonchev–Trinajstić information content (AvgIpc) is 2.66. The fourth-order valence-electron chi connectivity index (χ4n) is 2.42. The van der Waals surface area contributed by atoms with Crippen molar-refractivity contribution in [2.75, 3.05) is 11.2 Å². The summed E-state index contributed by atoms with van der Waals surface area (Å²) in [5.74, 6) is -0.448. The molecular formula is C18H17FN4O2S. The number of carbonyl (C=O) groups excluding carboxylic acids is 1. The topological polar surface area (TPSA) is 76.0 Å². The van der Waals surface area contributed by atoms with Crippen molar-refractivity contribution in [3.05, 3.63) is 64.7 Å². The van der Waals surface area contributed by atoms with Gasteiger partial charge in [0.2, 0.25) is 11.9 Å². The van der Waals surface area contributed by atoms with Crippen LogP contribution in [-0.4, -0.2) is 21.2 Å². The minimum Gasteiger partial charge on any atom is -0.277 e. The minimum absolute atomic E-state index is 0.0257. The van der Waals surface area contributed by atoms with Crippen LogP contribution < -0.4 is 16.4 Å². The van der Waals surface area contributed by atoms with Gasteiger partial charge < -0.3 is 0 Å². The van der Waals surface area contributed by atoms with E-state index in [2.05, 4.69) is 15.8 Å². The predicted molar refractivity (Wildman–Crippen MR) is 101 cm³/mol. The van der Waals surface area contributed by atoms with Crippen LogP contribution in [0.5, 0.6) is 0 Å². The molecule has 1 heterocycles. The number of amides is 1. The molecule has 3 aromatic rings. The standard InChI is InChI=1S/C18H17FN4O2S/c1-2-23-17(25)12-7-3-5-9-14(12)20-18(23)22-21-16(24)11-26-15-10-6-4-8-13(15)19/h3-10H,2,11H2,1H3,(H,20,22)(H,21,24). The molecule has 0 spiro atoms. The SMILES string of the molecule is CCn1c(NNC(=O)CSc2ccccc2F)nc2ccccc2c1=O. The quantitative estimate of drug-likeness (QED) is 0.514. The molecule has 0 fully saturated rings. The Balaban J connectivity index is 1.70. The molecule has 6 nitrogen and oxygen atoms in total. The van der Waals surface area contributed by atoms with Gasteiger partial charge in [-0.25, -0.2) is 9.37 Å². The number of rotatable bonds is 6. The van der Waals surface area contributed by atoms with Gasteiger partial charge in [-0.15, -0.1) is 11.8 Å². The first-order chi connectivity index (χ1) is 12.6. The Labute approximate surface area is 153 Å². The van der Waals surface area contributed by atoms with Gasteiger partial charge in [0.1, 0.15) is 5.82 Å². The lowest BCUT2D eigenvalue weighted by Crippen LogP contribution is -2.35. The van der Waals surface area contributed by atoms with Crippen LogP contribution in [-0.2, 0) is 11.3 Å². The van der Waals surface area contributed by atoms with Crippen LogP contribution in [0, 0.1) is 5.82 Å². The summed E-state index contributed by atoms with van der Waals surface area (Å²) in [6.45, 7) is 2.22. The van der Waals surface area contributed by atoms with Crippen molar-refractivity contribution in [3.63, 3.8) is 0 Å². The van der Waals surface area contributed by atoms with Crippen LogP contribution in [0.25, 0.3) is 10.9 Å². The largest absolute Gasteiger partial charge is 0.277 e. The first-order valence-corrected chi connectivity index (χ1v) is 9.00. The van der Waals surface area contributed by atoms with Crippen molar-refractivity contribution in [1.29, 1.82) is 0 Å². The Kier molecular flexibility index (Phi) is 5.52. The molecule has 0 unspecified atom stereocenters. The zero-order valence-electron chi connectivity index (χ0n) is 14.0. The van der Waals surface area contributed by atoms with Crippen LogP contribution in [0.1, 0.15) is 6.92 Å². The van der Waals surface area contributed by atoms with Crippen molar-refractivity contribution >= 4 is 34.5 Å². The molecule has 0 atom stereocenters. The first-order valence-electron chi connectivity index (χ1n) is 8.02. The number of anilines is 1. The van der Waals surface area contributed by atoms with E-state index in [-0.39, 0.29) is 29.0 Å². The van der Waals surface area contributed by atoms with Gasteiger partial charge in [-0.2, -0.15) is 0 Å². The monoisotopic (exact) mass is 372 g/mol. The maximum Gasteiger partial charge on any atom is 0.262 e. The third-order valence-corrected chi connectivity index (χ3v) is 4.74. The highest BCUT2D eigenvalue weighted by Crippen LogP contribution is 2.20. The number of carbonyl (C=O) groups is 1. The number of halogens is 1. The number of aromatic nitrogens is 2. The maximum absolute atomic E-state index is 13.6. The third kappa shape index (κ3) is 3.85. The lowest BCUT2D eigenvalue weighted by atomic mass is 10.2. The van der Waals surface area contributed by atoms with Gasteiger partial charge in [0.05, 0.1) is 16.7 Å². The molecule has 26 heavy (non-hydrogen) atoms. The van der Waals surface area contributed by atoms with Gasteiger partial charge in [0.15, 0.2) is 0 Å². The summed E-state index contributed by atoms with van der Waals surface area (Å²) in [5, 5.41) is 0.515. The van der Waals surface area contributed by atoms with E-state index in [0.717, 1.165) is 11.8 Å². The van der Waals surface area contributed by atoms with Gasteiger partial charge in [-0.05, 0) is 31.2 Å². The Morgan fingerprint density at radius 1 is 1.19 bits per heavy atom. The summed E-state index contributed by atoms with van der Waals surface area (Å²) in [6.07, 6.45) is 0. The van der Waals surface area contributed by atoms with Crippen molar-refractivity contribution in [3.8, 4) is 0 Å². The summed E-state index contributed by atoms with van der Waals surface area (Å²) in [5.41, 5.74) is 5.55. The van der Waals surface area contributed by atoms with Crippen LogP contribution in [0.3, 0.4) is 0 Å². The number of thioether (sulfide) groups is 1. The molecular weight excluding hydrogens is 355 g/mol. The van der Waals surface area contributed by atoms with Crippen LogP contribution in [0.4, 0.5) is 10.3 Å². The number of benzene rings is 2. The second-order valence-electron chi connectivity index (χ2n) is 5.39. The van der Waals surface area contributed by atoms with Crippen molar-refractivity contribution in [2.45, 2.75) is 18.4 Å². The number of para-hydroxylation sites is 1. The predicted octanol–water partition coefficient (Wildman–Crippen LogP) is 2.79. The summed E-state index contributed by atoms with van der Waals surface area (Å²) >= 11 is 1.09. The van der Waals surface area contributed by atoms with Crippen LogP contribution in [0.15, 0.2) is 58.2 Å². The second kappa shape index (κ2) is 8.01. The van der Waals surface area contributed by atoms with E-state index in [1.165, 1.54) is 10.6 Å². The first kappa shape index (κ1) is 17.9. The van der Waals surface area contributed by atoms with E-state index >= 15 is 0 Å². The average molecular weight is 372 g/mol. The van der Waals surface area contributed by atoms with Crippen molar-refractivity contribution in [2.24, 2.45) is 0 Å². The molecule has 0 aliphatic carbocycles. The number of nitrogens with one attached hydrogen (secondary N) is 2. The number of hydrogen-bond donors (Lipinski definition) is 2. The Hall–Kier alpha value is -2.87. The van der Waals surface area contributed by atoms with Gasteiger partial charge in [-0.3, -0.25) is 25.0 Å². The second-order valence-corrected chi connectivity index (χ2v) is 6.41. The number of fused-ring (bicyclic) bond motifs is 1. The maximum atomic E-state index is 13.6. The summed E-state index contributed by atoms with van der Waals surface area (Å²) in [7, 11) is 0. The van der Waals surface area contributed by atoms with Crippen molar-refractivity contribution < 1.29 is 9.18 Å². The van der Waals surface area contributed by atoms with E-state index in [1.54, 1.807) is 42.5 Å². The molecule has 1 aromatic heterocycles. The summed E-state index contributed by atoms with van der Waals surface area (Å²) in [6, 6.07) is 13.3. The molecule has 3 rings (SSSR count). The normalized spacial score (nSPS) is 10.7. The molecule has 1 amide bonds. The van der Waals surface area contributed by atoms with Crippen LogP contribution in [0.2, 0.25) is 0 Å². The fraction of sp³-hybridized carbons (Fsp3) is 0.167. The molecule has 0 saturated heterocycles. The molecule has 2 N–H and O–H groups in total. The minimum atomic E-state index is -0.366. The Morgan fingerprint density at radius 2 is 1.92 bits per heavy atom. The molecule has 0 bridgehead atoms. The van der Waals surface area contributed by atoms with Gasteiger partial charge in [0, 0.05) is 11.4 Å². The Morgan fingerprint density at radius 3 is 2.69 bits per heavy atom. The lowest BCUT2D eigenvalue weighted by molar-refractivity contribution is -0.118. The van der Waals surface area contributed by atoms with E-state index < -0.39 is 0 Å². The smallest absolute Gasteiger partial charge is 0.262 e. The molecule has 2 aromatic carbocycles. The lowest BCUT2D eigenvalue weighted by Gasteiger charge is -2.14. The van der Waals surface area contributed by atoms with E-state index in [9.17, 15) is 14.0 Å². The third-order valence-electron chi connectivity index (χ3n) is 3.69. The molecule has 134 valence electrons. The zero-order valence-corrected chi connectivity index (χ0v) is 14.8. The zero-order chi connectivity index (χ0) is 18.5. The molecule has 0 saturated carbocycles. The number of hydrazine groups is 1. The highest BCUT2D eigenvalue weighted by Gasteiger charge is 2.11. The Bertz CT molecular complexity index is 1010. The molecule has 0 aliphatic heterocycles. The van der Waals surface area contributed by atoms with Crippen LogP contribution >= 0.6 is 11.8 Å². The fourth-order valence-corrected chi connectivity index (χ4v) is 3.16. The van der Waals surface area contributed by atoms with Crippen molar-refractivity contribution in [1.82, 2.24) is 15.0 Å². The molecule has 8 heteroatoms. The van der Waals surface area contributed by atoms with Gasteiger partial charge in [-0.1, -0.05) is 24.3 Å². The number of nitrogens with zero attached hydrogens (tertiary/aromatic N) is 2. The molecule has 0 aliphatic rings. The van der Waals surface area contributed by atoms with E-state index in [0.29, 0.717) is 22.3 Å². The van der Waals surface area contributed by atoms with E-state index in [1.807, 2.05) is 6.92 Å². The van der Waals surface area contributed by atoms with Gasteiger partial charge in [0.25, 0.3) is 5.56 Å². The van der Waals surface area contributed by atoms with Gasteiger partial charge >= 0.3 is 0 Å². The van der Waals surface area contributed by atoms with E-state index in [4.69, 9.17) is 0 Å².